The Labute approximate surface area is 120 Å². The van der Waals surface area contributed by atoms with Crippen LogP contribution in [0, 0.1) is 11.8 Å². The zero-order valence-corrected chi connectivity index (χ0v) is 13.3. The number of nitrogens with one attached hydrogen (secondary N) is 1. The minimum atomic E-state index is 0.662. The third-order valence-corrected chi connectivity index (χ3v) is 4.20. The van der Waals surface area contributed by atoms with E-state index in [1.807, 2.05) is 6.08 Å². The Morgan fingerprint density at radius 3 is 2.53 bits per heavy atom. The van der Waals surface area contributed by atoms with Gasteiger partial charge in [0.1, 0.15) is 0 Å². The first-order chi connectivity index (χ1) is 9.22. The molecule has 3 unspecified atom stereocenters. The molecule has 0 aromatic heterocycles. The summed E-state index contributed by atoms with van der Waals surface area (Å²) < 4.78 is 0. The summed E-state index contributed by atoms with van der Waals surface area (Å²) in [6.07, 6.45) is 12.2. The number of hydrogen-bond acceptors (Lipinski definition) is 1. The highest BCUT2D eigenvalue weighted by molar-refractivity contribution is 5.14. The molecule has 0 aromatic rings. The molecule has 1 N–H and O–H groups in total. The van der Waals surface area contributed by atoms with Gasteiger partial charge in [0, 0.05) is 11.7 Å². The van der Waals surface area contributed by atoms with Gasteiger partial charge in [-0.2, -0.15) is 0 Å². The van der Waals surface area contributed by atoms with Crippen molar-refractivity contribution in [2.45, 2.75) is 65.3 Å². The molecular weight excluding hydrogens is 230 g/mol. The van der Waals surface area contributed by atoms with Crippen molar-refractivity contribution in [2.75, 3.05) is 0 Å². The maximum Gasteiger partial charge on any atom is 0.0293 e. The first kappa shape index (κ1) is 18.0. The second kappa shape index (κ2) is 10.9. The van der Waals surface area contributed by atoms with Crippen LogP contribution in [0.15, 0.2) is 37.6 Å². The second-order valence-electron chi connectivity index (χ2n) is 5.41. The maximum atomic E-state index is 3.87. The summed E-state index contributed by atoms with van der Waals surface area (Å²) in [5.41, 5.74) is 1.20. The van der Waals surface area contributed by atoms with Crippen molar-refractivity contribution in [3.63, 3.8) is 0 Å². The van der Waals surface area contributed by atoms with Gasteiger partial charge in [0.2, 0.25) is 0 Å². The lowest BCUT2D eigenvalue weighted by molar-refractivity contribution is 0.185. The van der Waals surface area contributed by atoms with E-state index in [0.29, 0.717) is 6.04 Å². The molecule has 3 atom stereocenters. The van der Waals surface area contributed by atoms with Gasteiger partial charge in [-0.1, -0.05) is 52.2 Å². The van der Waals surface area contributed by atoms with E-state index in [9.17, 15) is 0 Å². The standard InChI is InChI=1S/C16H29N.C2H4/c1-5-8-11-15-13(4)10-9-12-16(15)17-14(6-2)7-3;1-2/h6-7,13,15-17H,2,5,8-12H2,1,3-4H3;1-2H2/b14-7+;. The molecule has 0 spiro atoms. The molecule has 1 heteroatoms. The third-order valence-electron chi connectivity index (χ3n) is 4.20. The molecule has 0 bridgehead atoms. The molecule has 1 nitrogen and oxygen atoms in total. The summed E-state index contributed by atoms with van der Waals surface area (Å²) in [6.45, 7) is 16.7. The van der Waals surface area contributed by atoms with Crippen LogP contribution in [0.3, 0.4) is 0 Å². The molecule has 0 amide bonds. The highest BCUT2D eigenvalue weighted by Crippen LogP contribution is 2.34. The van der Waals surface area contributed by atoms with Crippen LogP contribution in [0.4, 0.5) is 0 Å². The van der Waals surface area contributed by atoms with E-state index in [1.54, 1.807) is 0 Å². The van der Waals surface area contributed by atoms with Gasteiger partial charge in [0.25, 0.3) is 0 Å². The monoisotopic (exact) mass is 263 g/mol. The number of allylic oxidation sites excluding steroid dienone is 2. The van der Waals surface area contributed by atoms with Crippen LogP contribution in [0.25, 0.3) is 0 Å². The summed E-state index contributed by atoms with van der Waals surface area (Å²) >= 11 is 0. The normalized spacial score (nSPS) is 27.1. The quantitative estimate of drug-likeness (QED) is 0.495. The van der Waals surface area contributed by atoms with E-state index >= 15 is 0 Å². The summed E-state index contributed by atoms with van der Waals surface area (Å²) in [4.78, 5) is 0. The van der Waals surface area contributed by atoms with Gasteiger partial charge in [-0.05, 0) is 37.7 Å². The Morgan fingerprint density at radius 1 is 1.32 bits per heavy atom. The highest BCUT2D eigenvalue weighted by atomic mass is 14.9. The minimum Gasteiger partial charge on any atom is -0.382 e. The average molecular weight is 263 g/mol. The van der Waals surface area contributed by atoms with Gasteiger partial charge in [-0.25, -0.2) is 0 Å². The molecule has 1 aliphatic carbocycles. The van der Waals surface area contributed by atoms with Crippen LogP contribution in [0.5, 0.6) is 0 Å². The Balaban J connectivity index is 0.00000154. The topological polar surface area (TPSA) is 12.0 Å². The zero-order valence-electron chi connectivity index (χ0n) is 13.3. The van der Waals surface area contributed by atoms with E-state index in [4.69, 9.17) is 0 Å². The molecule has 0 aliphatic heterocycles. The Hall–Kier alpha value is -0.980. The zero-order chi connectivity index (χ0) is 14.7. The Morgan fingerprint density at radius 2 is 2.00 bits per heavy atom. The van der Waals surface area contributed by atoms with Crippen LogP contribution in [0.1, 0.15) is 59.3 Å². The van der Waals surface area contributed by atoms with Gasteiger partial charge in [-0.3, -0.25) is 0 Å². The van der Waals surface area contributed by atoms with Crippen LogP contribution < -0.4 is 5.32 Å². The van der Waals surface area contributed by atoms with Crippen molar-refractivity contribution in [3.05, 3.63) is 37.6 Å². The molecular formula is C18H33N. The maximum absolute atomic E-state index is 3.87. The molecule has 1 fully saturated rings. The van der Waals surface area contributed by atoms with E-state index in [-0.39, 0.29) is 0 Å². The fourth-order valence-electron chi connectivity index (χ4n) is 3.06. The van der Waals surface area contributed by atoms with Crippen LogP contribution >= 0.6 is 0 Å². The second-order valence-corrected chi connectivity index (χ2v) is 5.41. The fourth-order valence-corrected chi connectivity index (χ4v) is 3.06. The fraction of sp³-hybridized carbons (Fsp3) is 0.667. The van der Waals surface area contributed by atoms with Gasteiger partial charge in [0.05, 0.1) is 0 Å². The Kier molecular flexibility index (Phi) is 10.3. The predicted molar refractivity (Wildman–Crippen MR) is 88.2 cm³/mol. The van der Waals surface area contributed by atoms with Gasteiger partial charge in [0.15, 0.2) is 0 Å². The summed E-state index contributed by atoms with van der Waals surface area (Å²) in [7, 11) is 0. The predicted octanol–water partition coefficient (Wildman–Crippen LogP) is 5.46. The Bertz CT molecular complexity index is 267. The highest BCUT2D eigenvalue weighted by Gasteiger charge is 2.29. The van der Waals surface area contributed by atoms with Crippen molar-refractivity contribution >= 4 is 0 Å². The minimum absolute atomic E-state index is 0.662. The van der Waals surface area contributed by atoms with Crippen LogP contribution in [-0.2, 0) is 0 Å². The third kappa shape index (κ3) is 6.13. The van der Waals surface area contributed by atoms with Crippen LogP contribution in [-0.4, -0.2) is 6.04 Å². The van der Waals surface area contributed by atoms with E-state index < -0.39 is 0 Å². The van der Waals surface area contributed by atoms with Crippen LogP contribution in [0.2, 0.25) is 0 Å². The molecule has 19 heavy (non-hydrogen) atoms. The molecule has 0 radical (unpaired) electrons. The smallest absolute Gasteiger partial charge is 0.0293 e. The lowest BCUT2D eigenvalue weighted by Gasteiger charge is -2.38. The first-order valence-corrected chi connectivity index (χ1v) is 7.78. The molecule has 1 rings (SSSR count). The number of rotatable bonds is 6. The molecule has 1 saturated carbocycles. The largest absolute Gasteiger partial charge is 0.382 e. The van der Waals surface area contributed by atoms with Crippen molar-refractivity contribution in [1.82, 2.24) is 5.32 Å². The van der Waals surface area contributed by atoms with Gasteiger partial charge < -0.3 is 5.32 Å². The molecule has 0 saturated heterocycles. The first-order valence-electron chi connectivity index (χ1n) is 7.78. The summed E-state index contributed by atoms with van der Waals surface area (Å²) in [5, 5.41) is 3.69. The van der Waals surface area contributed by atoms with Crippen molar-refractivity contribution in [3.8, 4) is 0 Å². The van der Waals surface area contributed by atoms with Crippen molar-refractivity contribution in [2.24, 2.45) is 11.8 Å². The lowest BCUT2D eigenvalue weighted by atomic mass is 9.74. The summed E-state index contributed by atoms with van der Waals surface area (Å²) in [6, 6.07) is 0.662. The van der Waals surface area contributed by atoms with Crippen molar-refractivity contribution < 1.29 is 0 Å². The molecule has 1 aliphatic rings. The molecule has 110 valence electrons. The summed E-state index contributed by atoms with van der Waals surface area (Å²) in [5.74, 6) is 1.72. The number of hydrogen-bond donors (Lipinski definition) is 1. The van der Waals surface area contributed by atoms with Gasteiger partial charge >= 0.3 is 0 Å². The molecule has 0 aromatic carbocycles. The molecule has 0 heterocycles. The number of unbranched alkanes of at least 4 members (excludes halogenated alkanes) is 1. The van der Waals surface area contributed by atoms with Crippen molar-refractivity contribution in [1.29, 1.82) is 0 Å². The van der Waals surface area contributed by atoms with E-state index in [0.717, 1.165) is 11.8 Å². The van der Waals surface area contributed by atoms with Gasteiger partial charge in [-0.15, -0.1) is 13.2 Å². The van der Waals surface area contributed by atoms with E-state index in [2.05, 4.69) is 51.9 Å². The van der Waals surface area contributed by atoms with E-state index in [1.165, 1.54) is 44.2 Å². The SMILES string of the molecule is C=C.C=C/C(=C\C)NC1CCCC(C)C1CCCC. The average Bonchev–Trinajstić information content (AvgIpc) is 2.46. The lowest BCUT2D eigenvalue weighted by Crippen LogP contribution is -2.41.